The molecule has 0 aliphatic heterocycles. The molecule has 0 aliphatic rings. The molecule has 0 saturated heterocycles. The van der Waals surface area contributed by atoms with Crippen LogP contribution in [0.3, 0.4) is 0 Å². The van der Waals surface area contributed by atoms with Crippen molar-refractivity contribution >= 4 is 21.6 Å². The van der Waals surface area contributed by atoms with Gasteiger partial charge in [-0.1, -0.05) is 24.3 Å². The average molecular weight is 523 g/mol. The number of ether oxygens (including phenoxy) is 2. The molecule has 1 N–H and O–H groups in total. The van der Waals surface area contributed by atoms with Crippen molar-refractivity contribution < 1.29 is 35.9 Å². The number of alkyl halides is 3. The number of benzene rings is 3. The first-order valence-corrected chi connectivity index (χ1v) is 12.3. The normalized spacial score (nSPS) is 12.5. The number of hydrogen-bond acceptors (Lipinski definition) is 5. The Morgan fingerprint density at radius 2 is 1.61 bits per heavy atom. The fourth-order valence-electron chi connectivity index (χ4n) is 3.26. The quantitative estimate of drug-likeness (QED) is 0.424. The van der Waals surface area contributed by atoms with Gasteiger partial charge in [0.15, 0.2) is 0 Å². The molecule has 11 heteroatoms. The average Bonchev–Trinajstić information content (AvgIpc) is 2.86. The van der Waals surface area contributed by atoms with Gasteiger partial charge >= 0.3 is 6.18 Å². The molecule has 0 aromatic heterocycles. The van der Waals surface area contributed by atoms with E-state index in [2.05, 4.69) is 5.32 Å². The Labute approximate surface area is 207 Å². The molecule has 36 heavy (non-hydrogen) atoms. The van der Waals surface area contributed by atoms with Gasteiger partial charge in [0.1, 0.15) is 24.7 Å². The molecule has 1 atom stereocenters. The number of hydrogen-bond donors (Lipinski definition) is 1. The van der Waals surface area contributed by atoms with E-state index in [-0.39, 0.29) is 17.2 Å². The van der Waals surface area contributed by atoms with Gasteiger partial charge < -0.3 is 14.8 Å². The summed E-state index contributed by atoms with van der Waals surface area (Å²) in [5, 5.41) is 2.62. The van der Waals surface area contributed by atoms with Crippen LogP contribution >= 0.6 is 0 Å². The number of methoxy groups -OCH3 is 1. The summed E-state index contributed by atoms with van der Waals surface area (Å²) in [6.07, 6.45) is -4.69. The lowest BCUT2D eigenvalue weighted by Crippen LogP contribution is -2.45. The third kappa shape index (κ3) is 6.91. The Hall–Kier alpha value is -3.73. The molecule has 0 spiro atoms. The minimum Gasteiger partial charge on any atom is -0.497 e. The summed E-state index contributed by atoms with van der Waals surface area (Å²) in [7, 11) is -2.81. The highest BCUT2D eigenvalue weighted by molar-refractivity contribution is 7.92. The fourth-order valence-corrected chi connectivity index (χ4v) is 4.69. The minimum absolute atomic E-state index is 0.0765. The van der Waals surface area contributed by atoms with Crippen LogP contribution in [-0.2, 0) is 21.0 Å². The van der Waals surface area contributed by atoms with Crippen molar-refractivity contribution in [3.05, 3.63) is 84.4 Å². The van der Waals surface area contributed by atoms with Crippen molar-refractivity contribution in [3.63, 3.8) is 0 Å². The van der Waals surface area contributed by atoms with Crippen LogP contribution in [0.2, 0.25) is 0 Å². The summed E-state index contributed by atoms with van der Waals surface area (Å²) in [5.74, 6) is 0.477. The van der Waals surface area contributed by atoms with E-state index in [1.165, 1.54) is 37.4 Å². The Morgan fingerprint density at radius 1 is 0.972 bits per heavy atom. The minimum atomic E-state index is -4.69. The van der Waals surface area contributed by atoms with Gasteiger partial charge in [0.05, 0.1) is 29.3 Å². The number of nitrogens with zero attached hydrogens (tertiary/aromatic N) is 1. The molecule has 1 unspecified atom stereocenters. The van der Waals surface area contributed by atoms with Crippen molar-refractivity contribution in [3.8, 4) is 11.5 Å². The second kappa shape index (κ2) is 11.3. The third-order valence-corrected chi connectivity index (χ3v) is 6.83. The Bertz CT molecular complexity index is 1270. The predicted molar refractivity (Wildman–Crippen MR) is 129 cm³/mol. The molecule has 1 amide bonds. The standard InChI is InChI=1S/C25H25F3N2O5S/c1-18(17-35-22-13-11-21(34-2)12-14-22)29-24(31)16-30(36(32,33)23-9-4-3-5-10-23)20-8-6-7-19(15-20)25(26,27)28/h3-15,18H,16-17H2,1-2H3,(H,29,31). The van der Waals surface area contributed by atoms with E-state index in [9.17, 15) is 26.4 Å². The molecule has 0 fully saturated rings. The van der Waals surface area contributed by atoms with E-state index >= 15 is 0 Å². The number of halogens is 3. The van der Waals surface area contributed by atoms with Crippen LogP contribution in [0.4, 0.5) is 18.9 Å². The summed E-state index contributed by atoms with van der Waals surface area (Å²) in [5.41, 5.74) is -1.32. The molecule has 0 radical (unpaired) electrons. The molecule has 0 saturated carbocycles. The third-order valence-electron chi connectivity index (χ3n) is 5.05. The molecule has 0 heterocycles. The van der Waals surface area contributed by atoms with Gasteiger partial charge in [0, 0.05) is 0 Å². The SMILES string of the molecule is COc1ccc(OCC(C)NC(=O)CN(c2cccc(C(F)(F)F)c2)S(=O)(=O)c2ccccc2)cc1. The van der Waals surface area contributed by atoms with E-state index in [4.69, 9.17) is 9.47 Å². The van der Waals surface area contributed by atoms with Crippen LogP contribution in [0.15, 0.2) is 83.8 Å². The van der Waals surface area contributed by atoms with Gasteiger partial charge in [-0.15, -0.1) is 0 Å². The summed E-state index contributed by atoms with van der Waals surface area (Å²) in [6.45, 7) is 1.00. The predicted octanol–water partition coefficient (Wildman–Crippen LogP) is 4.49. The zero-order valence-electron chi connectivity index (χ0n) is 19.5. The number of anilines is 1. The number of carbonyl (C=O) groups is 1. The smallest absolute Gasteiger partial charge is 0.416 e. The molecular formula is C25H25F3N2O5S. The van der Waals surface area contributed by atoms with Gasteiger partial charge in [-0.3, -0.25) is 9.10 Å². The van der Waals surface area contributed by atoms with Crippen molar-refractivity contribution in [2.75, 3.05) is 24.6 Å². The van der Waals surface area contributed by atoms with Crippen molar-refractivity contribution in [2.45, 2.75) is 24.0 Å². The second-order valence-corrected chi connectivity index (χ2v) is 9.69. The van der Waals surface area contributed by atoms with Crippen LogP contribution in [-0.4, -0.2) is 40.6 Å². The van der Waals surface area contributed by atoms with Crippen LogP contribution in [0.25, 0.3) is 0 Å². The molecule has 3 aromatic rings. The first kappa shape index (κ1) is 26.9. The molecule has 3 aromatic carbocycles. The molecule has 3 rings (SSSR count). The molecule has 0 aliphatic carbocycles. The Balaban J connectivity index is 1.78. The Morgan fingerprint density at radius 3 is 2.22 bits per heavy atom. The molecular weight excluding hydrogens is 497 g/mol. The number of sulfonamides is 1. The number of rotatable bonds is 10. The van der Waals surface area contributed by atoms with Crippen molar-refractivity contribution in [1.29, 1.82) is 0 Å². The summed E-state index contributed by atoms with van der Waals surface area (Å²) in [6, 6.07) is 17.3. The van der Waals surface area contributed by atoms with E-state index in [0.717, 1.165) is 12.1 Å². The zero-order chi connectivity index (χ0) is 26.3. The summed E-state index contributed by atoms with van der Waals surface area (Å²) >= 11 is 0. The monoisotopic (exact) mass is 522 g/mol. The summed E-state index contributed by atoms with van der Waals surface area (Å²) < 4.78 is 77.8. The van der Waals surface area contributed by atoms with Gasteiger partial charge in [-0.25, -0.2) is 8.42 Å². The van der Waals surface area contributed by atoms with E-state index in [0.29, 0.717) is 21.9 Å². The highest BCUT2D eigenvalue weighted by Crippen LogP contribution is 2.33. The lowest BCUT2D eigenvalue weighted by Gasteiger charge is -2.25. The number of amides is 1. The van der Waals surface area contributed by atoms with E-state index in [1.54, 1.807) is 37.3 Å². The Kier molecular flexibility index (Phi) is 8.46. The highest BCUT2D eigenvalue weighted by atomic mass is 32.2. The molecule has 192 valence electrons. The summed E-state index contributed by atoms with van der Waals surface area (Å²) in [4.78, 5) is 12.6. The molecule has 7 nitrogen and oxygen atoms in total. The highest BCUT2D eigenvalue weighted by Gasteiger charge is 2.33. The first-order valence-electron chi connectivity index (χ1n) is 10.8. The number of carbonyl (C=O) groups excluding carboxylic acids is 1. The maximum absolute atomic E-state index is 13.3. The lowest BCUT2D eigenvalue weighted by atomic mass is 10.2. The van der Waals surface area contributed by atoms with Gasteiger partial charge in [-0.05, 0) is 61.5 Å². The van der Waals surface area contributed by atoms with Crippen LogP contribution in [0, 0.1) is 0 Å². The number of nitrogens with one attached hydrogen (secondary N) is 1. The zero-order valence-corrected chi connectivity index (χ0v) is 20.3. The maximum atomic E-state index is 13.3. The van der Waals surface area contributed by atoms with Gasteiger partial charge in [0.2, 0.25) is 5.91 Å². The molecule has 0 bridgehead atoms. The largest absolute Gasteiger partial charge is 0.497 e. The van der Waals surface area contributed by atoms with Gasteiger partial charge in [0.25, 0.3) is 10.0 Å². The van der Waals surface area contributed by atoms with E-state index in [1.807, 2.05) is 0 Å². The fraction of sp³-hybridized carbons (Fsp3) is 0.240. The van der Waals surface area contributed by atoms with Gasteiger partial charge in [-0.2, -0.15) is 13.2 Å². The first-order chi connectivity index (χ1) is 17.0. The van der Waals surface area contributed by atoms with Crippen LogP contribution in [0.5, 0.6) is 11.5 Å². The second-order valence-electron chi connectivity index (χ2n) is 7.83. The van der Waals surface area contributed by atoms with Crippen LogP contribution in [0.1, 0.15) is 12.5 Å². The lowest BCUT2D eigenvalue weighted by molar-refractivity contribution is -0.137. The van der Waals surface area contributed by atoms with E-state index < -0.39 is 40.3 Å². The van der Waals surface area contributed by atoms with Crippen LogP contribution < -0.4 is 19.1 Å². The maximum Gasteiger partial charge on any atom is 0.416 e. The van der Waals surface area contributed by atoms with Crippen molar-refractivity contribution in [1.82, 2.24) is 5.32 Å². The van der Waals surface area contributed by atoms with Crippen molar-refractivity contribution in [2.24, 2.45) is 0 Å². The topological polar surface area (TPSA) is 84.9 Å².